The molecule has 1 aliphatic rings. The quantitative estimate of drug-likeness (QED) is 0.255. The number of rotatable bonds is 11. The third-order valence-electron chi connectivity index (χ3n) is 7.52. The van der Waals surface area contributed by atoms with Crippen LogP contribution in [0.2, 0.25) is 0 Å². The molecular formula is C33H36FN3O2. The fourth-order valence-electron chi connectivity index (χ4n) is 5.40. The van der Waals surface area contributed by atoms with Crippen molar-refractivity contribution in [3.63, 3.8) is 0 Å². The van der Waals surface area contributed by atoms with Crippen LogP contribution < -0.4 is 0 Å². The second-order valence-corrected chi connectivity index (χ2v) is 11.0. The normalized spacial score (nSPS) is 16.4. The Morgan fingerprint density at radius 2 is 1.67 bits per heavy atom. The van der Waals surface area contributed by atoms with E-state index >= 15 is 0 Å². The van der Waals surface area contributed by atoms with Gasteiger partial charge < -0.3 is 14.8 Å². The van der Waals surface area contributed by atoms with E-state index in [1.165, 1.54) is 17.7 Å². The third-order valence-corrected chi connectivity index (χ3v) is 7.52. The molecule has 202 valence electrons. The SMILES string of the molecule is CC(C)CN(CC(=O)N(CCc1c[nH]c2ccccc12)Cc1ccc(F)cc1)C(=O)[C@@H]1C[C@H]1c1ccccc1. The molecule has 0 radical (unpaired) electrons. The predicted molar refractivity (Wildman–Crippen MR) is 153 cm³/mol. The van der Waals surface area contributed by atoms with Gasteiger partial charge >= 0.3 is 0 Å². The molecule has 1 saturated carbocycles. The number of aromatic amines is 1. The van der Waals surface area contributed by atoms with E-state index in [4.69, 9.17) is 0 Å². The minimum atomic E-state index is -0.304. The highest BCUT2D eigenvalue weighted by molar-refractivity contribution is 5.88. The maximum absolute atomic E-state index is 13.8. The van der Waals surface area contributed by atoms with Crippen LogP contribution in [0.3, 0.4) is 0 Å². The van der Waals surface area contributed by atoms with Crippen molar-refractivity contribution >= 4 is 22.7 Å². The number of amides is 2. The number of fused-ring (bicyclic) bond motifs is 1. The van der Waals surface area contributed by atoms with Gasteiger partial charge in [-0.05, 0) is 59.6 Å². The Morgan fingerprint density at radius 1 is 0.949 bits per heavy atom. The summed E-state index contributed by atoms with van der Waals surface area (Å²) in [5, 5.41) is 1.14. The molecule has 6 heteroatoms. The summed E-state index contributed by atoms with van der Waals surface area (Å²) < 4.78 is 13.6. The monoisotopic (exact) mass is 525 g/mol. The van der Waals surface area contributed by atoms with Crippen molar-refractivity contribution < 1.29 is 14.0 Å². The number of hydrogen-bond donors (Lipinski definition) is 1. The molecule has 1 N–H and O–H groups in total. The number of carbonyl (C=O) groups is 2. The molecule has 5 rings (SSSR count). The van der Waals surface area contributed by atoms with E-state index in [1.807, 2.05) is 42.6 Å². The summed E-state index contributed by atoms with van der Waals surface area (Å²) in [6.07, 6.45) is 3.50. The molecule has 0 bridgehead atoms. The van der Waals surface area contributed by atoms with Crippen molar-refractivity contribution in [3.8, 4) is 0 Å². The first-order valence-corrected chi connectivity index (χ1v) is 13.8. The smallest absolute Gasteiger partial charge is 0.242 e. The molecule has 0 unspecified atom stereocenters. The number of carbonyl (C=O) groups excluding carboxylic acids is 2. The van der Waals surface area contributed by atoms with Crippen molar-refractivity contribution in [2.24, 2.45) is 11.8 Å². The van der Waals surface area contributed by atoms with Gasteiger partial charge in [-0.3, -0.25) is 9.59 Å². The number of halogens is 1. The summed E-state index contributed by atoms with van der Waals surface area (Å²) in [6.45, 7) is 5.58. The molecule has 2 amide bonds. The summed E-state index contributed by atoms with van der Waals surface area (Å²) >= 11 is 0. The summed E-state index contributed by atoms with van der Waals surface area (Å²) in [5.74, 6) is 0.0553. The van der Waals surface area contributed by atoms with E-state index in [0.29, 0.717) is 26.1 Å². The lowest BCUT2D eigenvalue weighted by molar-refractivity contribution is -0.142. The zero-order valence-electron chi connectivity index (χ0n) is 22.6. The van der Waals surface area contributed by atoms with Crippen LogP contribution in [0.4, 0.5) is 4.39 Å². The van der Waals surface area contributed by atoms with Crippen LogP contribution in [0.15, 0.2) is 85.1 Å². The molecule has 2 atom stereocenters. The summed E-state index contributed by atoms with van der Waals surface area (Å²) in [5.41, 5.74) is 4.25. The van der Waals surface area contributed by atoms with Crippen molar-refractivity contribution in [3.05, 3.63) is 108 Å². The topological polar surface area (TPSA) is 56.4 Å². The zero-order valence-corrected chi connectivity index (χ0v) is 22.6. The number of hydrogen-bond acceptors (Lipinski definition) is 2. The van der Waals surface area contributed by atoms with Gasteiger partial charge in [-0.1, -0.05) is 74.5 Å². The van der Waals surface area contributed by atoms with E-state index in [9.17, 15) is 14.0 Å². The van der Waals surface area contributed by atoms with E-state index in [1.54, 1.807) is 21.9 Å². The molecule has 39 heavy (non-hydrogen) atoms. The van der Waals surface area contributed by atoms with Crippen LogP contribution in [0.1, 0.15) is 42.9 Å². The maximum atomic E-state index is 13.8. The van der Waals surface area contributed by atoms with Crippen LogP contribution in [-0.2, 0) is 22.6 Å². The standard InChI is InChI=1S/C33H36FN3O2/c1-23(2)20-37(33(39)30-18-29(30)25-8-4-3-5-9-25)22-32(38)36(21-24-12-14-27(34)15-13-24)17-16-26-19-35-31-11-7-6-10-28(26)31/h3-15,19,23,29-30,35H,16-18,20-22H2,1-2H3/t29-,30+/m0/s1. The van der Waals surface area contributed by atoms with Crippen LogP contribution in [-0.4, -0.2) is 46.2 Å². The maximum Gasteiger partial charge on any atom is 0.242 e. The number of nitrogens with zero attached hydrogens (tertiary/aromatic N) is 2. The second-order valence-electron chi connectivity index (χ2n) is 11.0. The molecule has 5 nitrogen and oxygen atoms in total. The Kier molecular flexibility index (Phi) is 8.10. The Labute approximate surface area is 229 Å². The van der Waals surface area contributed by atoms with Crippen molar-refractivity contribution in [1.29, 1.82) is 0 Å². The van der Waals surface area contributed by atoms with Crippen LogP contribution in [0, 0.1) is 17.7 Å². The molecule has 0 spiro atoms. The first-order chi connectivity index (χ1) is 18.9. The minimum Gasteiger partial charge on any atom is -0.361 e. The largest absolute Gasteiger partial charge is 0.361 e. The molecule has 1 fully saturated rings. The molecular weight excluding hydrogens is 489 g/mol. The Bertz CT molecular complexity index is 1410. The van der Waals surface area contributed by atoms with Gasteiger partial charge in [-0.2, -0.15) is 0 Å². The Hall–Kier alpha value is -3.93. The number of aromatic nitrogens is 1. The molecule has 1 heterocycles. The van der Waals surface area contributed by atoms with Crippen LogP contribution >= 0.6 is 0 Å². The Balaban J connectivity index is 1.32. The first kappa shape index (κ1) is 26.7. The molecule has 0 saturated heterocycles. The zero-order chi connectivity index (χ0) is 27.4. The highest BCUT2D eigenvalue weighted by Crippen LogP contribution is 2.48. The van der Waals surface area contributed by atoms with Gasteiger partial charge in [0.2, 0.25) is 11.8 Å². The highest BCUT2D eigenvalue weighted by Gasteiger charge is 2.46. The van der Waals surface area contributed by atoms with E-state index < -0.39 is 0 Å². The lowest BCUT2D eigenvalue weighted by atomic mass is 10.1. The van der Waals surface area contributed by atoms with Gasteiger partial charge in [0.1, 0.15) is 5.82 Å². The van der Waals surface area contributed by atoms with Gasteiger partial charge in [0, 0.05) is 42.7 Å². The third kappa shape index (κ3) is 6.56. The minimum absolute atomic E-state index is 0.0457. The number of nitrogens with one attached hydrogen (secondary N) is 1. The van der Waals surface area contributed by atoms with Crippen molar-refractivity contribution in [2.75, 3.05) is 19.6 Å². The summed E-state index contributed by atoms with van der Waals surface area (Å²) in [7, 11) is 0. The fraction of sp³-hybridized carbons (Fsp3) is 0.333. The van der Waals surface area contributed by atoms with E-state index in [-0.39, 0.29) is 41.9 Å². The lowest BCUT2D eigenvalue weighted by Gasteiger charge is -2.29. The van der Waals surface area contributed by atoms with E-state index in [0.717, 1.165) is 28.5 Å². The molecule has 1 aromatic heterocycles. The van der Waals surface area contributed by atoms with Gasteiger partial charge in [0.25, 0.3) is 0 Å². The molecule has 3 aromatic carbocycles. The first-order valence-electron chi connectivity index (χ1n) is 13.8. The fourth-order valence-corrected chi connectivity index (χ4v) is 5.40. The van der Waals surface area contributed by atoms with Crippen molar-refractivity contribution in [2.45, 2.75) is 39.2 Å². The van der Waals surface area contributed by atoms with E-state index in [2.05, 4.69) is 37.0 Å². The van der Waals surface area contributed by atoms with Crippen molar-refractivity contribution in [1.82, 2.24) is 14.8 Å². The Morgan fingerprint density at radius 3 is 2.41 bits per heavy atom. The van der Waals surface area contributed by atoms with Crippen LogP contribution in [0.5, 0.6) is 0 Å². The number of H-pyrrole nitrogens is 1. The summed E-state index contributed by atoms with van der Waals surface area (Å²) in [4.78, 5) is 34.2. The number of para-hydroxylation sites is 1. The lowest BCUT2D eigenvalue weighted by Crippen LogP contribution is -2.45. The second kappa shape index (κ2) is 11.9. The van der Waals surface area contributed by atoms with Gasteiger partial charge in [0.15, 0.2) is 0 Å². The van der Waals surface area contributed by atoms with Gasteiger partial charge in [-0.15, -0.1) is 0 Å². The van der Waals surface area contributed by atoms with Crippen LogP contribution in [0.25, 0.3) is 10.9 Å². The summed E-state index contributed by atoms with van der Waals surface area (Å²) in [6, 6.07) is 24.5. The number of benzene rings is 3. The van der Waals surface area contributed by atoms with Gasteiger partial charge in [-0.25, -0.2) is 4.39 Å². The highest BCUT2D eigenvalue weighted by atomic mass is 19.1. The molecule has 1 aliphatic carbocycles. The average molecular weight is 526 g/mol. The predicted octanol–water partition coefficient (Wildman–Crippen LogP) is 6.17. The molecule has 4 aromatic rings. The molecule has 0 aliphatic heterocycles. The average Bonchev–Trinajstić information content (AvgIpc) is 3.64. The van der Waals surface area contributed by atoms with Gasteiger partial charge in [0.05, 0.1) is 6.54 Å².